The minimum Gasteiger partial charge on any atom is -0.481 e. The standard InChI is InChI=1S/C12H9NO2/c13-8-2-5-10-3-1-4-11(9-10)6-7-12(14)15/h1,3-4,9H,6-7H2,(H,14,15). The fourth-order valence-electron chi connectivity index (χ4n) is 1.16. The van der Waals surface area contributed by atoms with Gasteiger partial charge in [0, 0.05) is 17.9 Å². The van der Waals surface area contributed by atoms with E-state index < -0.39 is 5.97 Å². The molecule has 0 unspecified atom stereocenters. The summed E-state index contributed by atoms with van der Waals surface area (Å²) < 4.78 is 0. The lowest BCUT2D eigenvalue weighted by Gasteiger charge is -1.98. The van der Waals surface area contributed by atoms with Gasteiger partial charge in [-0.1, -0.05) is 18.1 Å². The van der Waals surface area contributed by atoms with Crippen LogP contribution in [0.1, 0.15) is 17.5 Å². The lowest BCUT2D eigenvalue weighted by Crippen LogP contribution is -1.97. The molecule has 15 heavy (non-hydrogen) atoms. The van der Waals surface area contributed by atoms with Crippen LogP contribution in [-0.4, -0.2) is 11.1 Å². The van der Waals surface area contributed by atoms with Crippen molar-refractivity contribution in [3.63, 3.8) is 0 Å². The molecule has 0 bridgehead atoms. The van der Waals surface area contributed by atoms with E-state index in [0.717, 1.165) is 11.1 Å². The van der Waals surface area contributed by atoms with E-state index in [9.17, 15) is 4.79 Å². The largest absolute Gasteiger partial charge is 0.481 e. The average molecular weight is 199 g/mol. The zero-order valence-electron chi connectivity index (χ0n) is 8.03. The van der Waals surface area contributed by atoms with Crippen molar-refractivity contribution in [3.05, 3.63) is 35.4 Å². The van der Waals surface area contributed by atoms with Crippen LogP contribution < -0.4 is 0 Å². The highest BCUT2D eigenvalue weighted by Gasteiger charge is 1.99. The quantitative estimate of drug-likeness (QED) is 0.752. The summed E-state index contributed by atoms with van der Waals surface area (Å²) in [6, 6.07) is 8.97. The number of nitrogens with zero attached hydrogens (tertiary/aromatic N) is 1. The van der Waals surface area contributed by atoms with E-state index in [1.807, 2.05) is 6.07 Å². The number of rotatable bonds is 3. The number of aliphatic carboxylic acids is 1. The molecule has 3 nitrogen and oxygen atoms in total. The third kappa shape index (κ3) is 3.97. The van der Waals surface area contributed by atoms with Crippen molar-refractivity contribution in [1.29, 1.82) is 5.26 Å². The number of nitriles is 1. The zero-order valence-corrected chi connectivity index (χ0v) is 8.03. The molecule has 0 aliphatic carbocycles. The van der Waals surface area contributed by atoms with Gasteiger partial charge in [-0.25, -0.2) is 0 Å². The predicted octanol–water partition coefficient (Wildman–Crippen LogP) is 1.58. The second kappa shape index (κ2) is 5.47. The summed E-state index contributed by atoms with van der Waals surface area (Å²) in [6.07, 6.45) is 0.590. The fourth-order valence-corrected chi connectivity index (χ4v) is 1.16. The van der Waals surface area contributed by atoms with Crippen LogP contribution in [0, 0.1) is 23.2 Å². The van der Waals surface area contributed by atoms with Crippen LogP contribution in [0.3, 0.4) is 0 Å². The molecule has 74 valence electrons. The van der Waals surface area contributed by atoms with Gasteiger partial charge in [0.15, 0.2) is 6.07 Å². The molecule has 0 radical (unpaired) electrons. The number of carboxylic acids is 1. The summed E-state index contributed by atoms with van der Waals surface area (Å²) in [6.45, 7) is 0. The van der Waals surface area contributed by atoms with Crippen molar-refractivity contribution in [1.82, 2.24) is 0 Å². The van der Waals surface area contributed by atoms with Crippen molar-refractivity contribution in [2.45, 2.75) is 12.8 Å². The molecule has 3 heteroatoms. The van der Waals surface area contributed by atoms with E-state index in [4.69, 9.17) is 10.4 Å². The highest BCUT2D eigenvalue weighted by Crippen LogP contribution is 2.06. The first-order valence-corrected chi connectivity index (χ1v) is 4.43. The second-order valence-corrected chi connectivity index (χ2v) is 2.96. The number of carboxylic acid groups (broad SMARTS) is 1. The minimum absolute atomic E-state index is 0.106. The summed E-state index contributed by atoms with van der Waals surface area (Å²) in [5.74, 6) is 4.14. The van der Waals surface area contributed by atoms with Gasteiger partial charge in [-0.2, -0.15) is 5.26 Å². The molecular formula is C12H9NO2. The van der Waals surface area contributed by atoms with Gasteiger partial charge in [0.1, 0.15) is 0 Å². The predicted molar refractivity (Wildman–Crippen MR) is 54.9 cm³/mol. The average Bonchev–Trinajstić information content (AvgIpc) is 2.24. The molecule has 1 aromatic carbocycles. The van der Waals surface area contributed by atoms with E-state index in [-0.39, 0.29) is 6.42 Å². The Balaban J connectivity index is 2.75. The zero-order chi connectivity index (χ0) is 11.1. The molecule has 1 N–H and O–H groups in total. The van der Waals surface area contributed by atoms with Crippen LogP contribution in [-0.2, 0) is 11.2 Å². The molecule has 0 spiro atoms. The number of hydrogen-bond donors (Lipinski definition) is 1. The van der Waals surface area contributed by atoms with Crippen LogP contribution in [0.15, 0.2) is 24.3 Å². The molecule has 0 aromatic heterocycles. The molecule has 0 atom stereocenters. The van der Waals surface area contributed by atoms with Gasteiger partial charge in [-0.15, -0.1) is 0 Å². The molecular weight excluding hydrogens is 190 g/mol. The minimum atomic E-state index is -0.816. The van der Waals surface area contributed by atoms with Gasteiger partial charge in [-0.3, -0.25) is 4.79 Å². The Morgan fingerprint density at radius 1 is 1.47 bits per heavy atom. The van der Waals surface area contributed by atoms with Crippen LogP contribution in [0.4, 0.5) is 0 Å². The van der Waals surface area contributed by atoms with Crippen LogP contribution >= 0.6 is 0 Å². The summed E-state index contributed by atoms with van der Waals surface area (Å²) in [7, 11) is 0. The normalized spacial score (nSPS) is 8.47. The Bertz CT molecular complexity index is 460. The maximum Gasteiger partial charge on any atom is 0.303 e. The lowest BCUT2D eigenvalue weighted by molar-refractivity contribution is -0.136. The Labute approximate surface area is 88.0 Å². The maximum atomic E-state index is 10.4. The van der Waals surface area contributed by atoms with Crippen LogP contribution in [0.5, 0.6) is 0 Å². The Morgan fingerprint density at radius 2 is 2.27 bits per heavy atom. The molecule has 1 rings (SSSR count). The van der Waals surface area contributed by atoms with Crippen LogP contribution in [0.25, 0.3) is 0 Å². The van der Waals surface area contributed by atoms with Crippen molar-refractivity contribution >= 4 is 5.97 Å². The van der Waals surface area contributed by atoms with Crippen molar-refractivity contribution in [3.8, 4) is 17.9 Å². The highest BCUT2D eigenvalue weighted by atomic mass is 16.4. The van der Waals surface area contributed by atoms with E-state index >= 15 is 0 Å². The van der Waals surface area contributed by atoms with Crippen molar-refractivity contribution in [2.24, 2.45) is 0 Å². The van der Waals surface area contributed by atoms with E-state index in [1.54, 1.807) is 24.3 Å². The molecule has 0 saturated carbocycles. The van der Waals surface area contributed by atoms with Gasteiger partial charge in [-0.05, 0) is 24.1 Å². The van der Waals surface area contributed by atoms with E-state index in [1.165, 1.54) is 0 Å². The Kier molecular flexibility index (Phi) is 3.94. The van der Waals surface area contributed by atoms with Crippen molar-refractivity contribution in [2.75, 3.05) is 0 Å². The van der Waals surface area contributed by atoms with Crippen LogP contribution in [0.2, 0.25) is 0 Å². The molecule has 1 aromatic rings. The Hall–Kier alpha value is -2.26. The number of benzene rings is 1. The first-order valence-electron chi connectivity index (χ1n) is 4.43. The Morgan fingerprint density at radius 3 is 2.93 bits per heavy atom. The molecule has 0 aliphatic heterocycles. The molecule has 0 amide bonds. The summed E-state index contributed by atoms with van der Waals surface area (Å²) >= 11 is 0. The smallest absolute Gasteiger partial charge is 0.303 e. The monoisotopic (exact) mass is 199 g/mol. The number of aryl methyl sites for hydroxylation is 1. The first kappa shape index (κ1) is 10.8. The van der Waals surface area contributed by atoms with Gasteiger partial charge >= 0.3 is 5.97 Å². The van der Waals surface area contributed by atoms with E-state index in [0.29, 0.717) is 6.42 Å². The maximum absolute atomic E-state index is 10.4. The second-order valence-electron chi connectivity index (χ2n) is 2.96. The van der Waals surface area contributed by atoms with Crippen molar-refractivity contribution < 1.29 is 9.90 Å². The SMILES string of the molecule is N#CC#Cc1cccc(CCC(=O)O)c1. The first-order chi connectivity index (χ1) is 7.22. The van der Waals surface area contributed by atoms with Gasteiger partial charge in [0.2, 0.25) is 0 Å². The van der Waals surface area contributed by atoms with Gasteiger partial charge in [0.25, 0.3) is 0 Å². The molecule has 0 aliphatic rings. The number of hydrogen-bond acceptors (Lipinski definition) is 2. The van der Waals surface area contributed by atoms with E-state index in [2.05, 4.69) is 11.8 Å². The molecule has 0 fully saturated rings. The summed E-state index contributed by atoms with van der Waals surface area (Å²) in [5.41, 5.74) is 1.65. The molecule has 0 saturated heterocycles. The third-order valence-corrected chi connectivity index (χ3v) is 1.82. The topological polar surface area (TPSA) is 61.1 Å². The highest BCUT2D eigenvalue weighted by molar-refractivity contribution is 5.67. The summed E-state index contributed by atoms with van der Waals surface area (Å²) in [5, 5.41) is 16.8. The lowest BCUT2D eigenvalue weighted by atomic mass is 10.1. The molecule has 0 heterocycles. The van der Waals surface area contributed by atoms with Gasteiger partial charge in [0.05, 0.1) is 0 Å². The van der Waals surface area contributed by atoms with Gasteiger partial charge < -0.3 is 5.11 Å². The number of carbonyl (C=O) groups is 1. The summed E-state index contributed by atoms with van der Waals surface area (Å²) in [4.78, 5) is 10.4. The third-order valence-electron chi connectivity index (χ3n) is 1.82. The fraction of sp³-hybridized carbons (Fsp3) is 0.167.